The Morgan fingerprint density at radius 1 is 1.17 bits per heavy atom. The van der Waals surface area contributed by atoms with Gasteiger partial charge in [-0.15, -0.1) is 0 Å². The van der Waals surface area contributed by atoms with Crippen LogP contribution in [0.15, 0.2) is 0 Å². The molecule has 1 aliphatic rings. The van der Waals surface area contributed by atoms with Crippen LogP contribution < -0.4 is 0 Å². The topological polar surface area (TPSA) is 26.7 Å². The van der Waals surface area contributed by atoms with Gasteiger partial charge < -0.3 is 10.0 Å². The Balaban J connectivity index is 2.17. The zero-order valence-corrected chi connectivity index (χ0v) is 8.16. The molecular formula is C9H20N2O. The van der Waals surface area contributed by atoms with Crippen LogP contribution in [0.2, 0.25) is 0 Å². The fourth-order valence-corrected chi connectivity index (χ4v) is 1.66. The van der Waals surface area contributed by atoms with Crippen molar-refractivity contribution in [1.82, 2.24) is 9.80 Å². The highest BCUT2D eigenvalue weighted by molar-refractivity contribution is 4.71. The molecular weight excluding hydrogens is 152 g/mol. The van der Waals surface area contributed by atoms with Crippen molar-refractivity contribution < 1.29 is 5.11 Å². The van der Waals surface area contributed by atoms with Crippen LogP contribution in [0.1, 0.15) is 13.8 Å². The third-order valence-electron chi connectivity index (χ3n) is 2.43. The van der Waals surface area contributed by atoms with Gasteiger partial charge in [-0.1, -0.05) is 6.92 Å². The molecule has 1 atom stereocenters. The Morgan fingerprint density at radius 3 is 2.08 bits per heavy atom. The van der Waals surface area contributed by atoms with Crippen molar-refractivity contribution in [3.05, 3.63) is 0 Å². The standard InChI is InChI=1S/C9H20N2O/c1-3-10-4-6-11(7-5-10)8-9(2)12/h9,12H,3-8H2,1-2H3/t9-/m1/s1. The fourth-order valence-electron chi connectivity index (χ4n) is 1.66. The summed E-state index contributed by atoms with van der Waals surface area (Å²) in [4.78, 5) is 4.77. The predicted octanol–water partition coefficient (Wildman–Crippen LogP) is 0.00470. The van der Waals surface area contributed by atoms with Gasteiger partial charge >= 0.3 is 0 Å². The summed E-state index contributed by atoms with van der Waals surface area (Å²) in [6.45, 7) is 10.6. The lowest BCUT2D eigenvalue weighted by Crippen LogP contribution is -2.47. The van der Waals surface area contributed by atoms with Gasteiger partial charge in [0.1, 0.15) is 0 Å². The van der Waals surface area contributed by atoms with Gasteiger partial charge in [0.2, 0.25) is 0 Å². The van der Waals surface area contributed by atoms with Gasteiger partial charge in [0.05, 0.1) is 6.10 Å². The van der Waals surface area contributed by atoms with E-state index in [2.05, 4.69) is 16.7 Å². The molecule has 0 aromatic heterocycles. The highest BCUT2D eigenvalue weighted by Gasteiger charge is 2.15. The summed E-state index contributed by atoms with van der Waals surface area (Å²) >= 11 is 0. The quantitative estimate of drug-likeness (QED) is 0.649. The Bertz CT molecular complexity index is 120. The maximum Gasteiger partial charge on any atom is 0.0639 e. The van der Waals surface area contributed by atoms with E-state index in [0.717, 1.165) is 39.3 Å². The molecule has 3 nitrogen and oxygen atoms in total. The average molecular weight is 172 g/mol. The Labute approximate surface area is 75.0 Å². The van der Waals surface area contributed by atoms with Crippen molar-refractivity contribution in [3.8, 4) is 0 Å². The maximum atomic E-state index is 9.17. The van der Waals surface area contributed by atoms with E-state index >= 15 is 0 Å². The van der Waals surface area contributed by atoms with Crippen LogP contribution in [-0.2, 0) is 0 Å². The van der Waals surface area contributed by atoms with Crippen LogP contribution in [0.3, 0.4) is 0 Å². The maximum absolute atomic E-state index is 9.17. The Hall–Kier alpha value is -0.120. The van der Waals surface area contributed by atoms with Gasteiger partial charge in [0.15, 0.2) is 0 Å². The van der Waals surface area contributed by atoms with E-state index in [1.807, 2.05) is 6.92 Å². The molecule has 3 heteroatoms. The van der Waals surface area contributed by atoms with Crippen LogP contribution in [-0.4, -0.2) is 60.3 Å². The first-order valence-electron chi connectivity index (χ1n) is 4.85. The van der Waals surface area contributed by atoms with Crippen LogP contribution in [0, 0.1) is 0 Å². The number of β-amino-alcohol motifs (C(OH)–C–C–N with tert-alkyl or cyclic N) is 1. The fraction of sp³-hybridized carbons (Fsp3) is 1.00. The molecule has 0 unspecified atom stereocenters. The second-order valence-electron chi connectivity index (χ2n) is 3.58. The molecule has 1 aliphatic heterocycles. The predicted molar refractivity (Wildman–Crippen MR) is 50.2 cm³/mol. The summed E-state index contributed by atoms with van der Waals surface area (Å²) in [5.41, 5.74) is 0. The summed E-state index contributed by atoms with van der Waals surface area (Å²) in [6, 6.07) is 0. The van der Waals surface area contributed by atoms with Gasteiger partial charge in [0.25, 0.3) is 0 Å². The van der Waals surface area contributed by atoms with E-state index in [-0.39, 0.29) is 6.10 Å². The van der Waals surface area contributed by atoms with Crippen molar-refractivity contribution in [2.45, 2.75) is 20.0 Å². The van der Waals surface area contributed by atoms with E-state index in [1.54, 1.807) is 0 Å². The summed E-state index contributed by atoms with van der Waals surface area (Å²) in [7, 11) is 0. The van der Waals surface area contributed by atoms with Crippen LogP contribution in [0.4, 0.5) is 0 Å². The highest BCUT2D eigenvalue weighted by atomic mass is 16.3. The smallest absolute Gasteiger partial charge is 0.0639 e. The molecule has 12 heavy (non-hydrogen) atoms. The van der Waals surface area contributed by atoms with E-state index in [0.29, 0.717) is 0 Å². The van der Waals surface area contributed by atoms with Crippen LogP contribution >= 0.6 is 0 Å². The van der Waals surface area contributed by atoms with Gasteiger partial charge in [-0.05, 0) is 13.5 Å². The van der Waals surface area contributed by atoms with E-state index in [1.165, 1.54) is 0 Å². The molecule has 1 rings (SSSR count). The van der Waals surface area contributed by atoms with Gasteiger partial charge in [0, 0.05) is 32.7 Å². The largest absolute Gasteiger partial charge is 0.392 e. The van der Waals surface area contributed by atoms with Crippen molar-refractivity contribution >= 4 is 0 Å². The lowest BCUT2D eigenvalue weighted by Gasteiger charge is -2.34. The van der Waals surface area contributed by atoms with Crippen molar-refractivity contribution in [1.29, 1.82) is 0 Å². The number of hydrogen-bond donors (Lipinski definition) is 1. The molecule has 1 saturated heterocycles. The van der Waals surface area contributed by atoms with E-state index < -0.39 is 0 Å². The van der Waals surface area contributed by atoms with Crippen molar-refractivity contribution in [2.24, 2.45) is 0 Å². The third kappa shape index (κ3) is 3.09. The first-order valence-corrected chi connectivity index (χ1v) is 4.85. The molecule has 0 saturated carbocycles. The molecule has 1 heterocycles. The number of nitrogens with zero attached hydrogens (tertiary/aromatic N) is 2. The summed E-state index contributed by atoms with van der Waals surface area (Å²) in [6.07, 6.45) is -0.182. The minimum Gasteiger partial charge on any atom is -0.392 e. The molecule has 0 amide bonds. The number of likely N-dealkylation sites (N-methyl/N-ethyl adjacent to an activating group) is 1. The van der Waals surface area contributed by atoms with Crippen molar-refractivity contribution in [2.75, 3.05) is 39.3 Å². The Morgan fingerprint density at radius 2 is 1.67 bits per heavy atom. The SMILES string of the molecule is CCN1CCN(C[C@@H](C)O)CC1. The average Bonchev–Trinajstić information content (AvgIpc) is 2.05. The number of rotatable bonds is 3. The Kier molecular flexibility index (Phi) is 3.98. The zero-order valence-electron chi connectivity index (χ0n) is 8.16. The third-order valence-corrected chi connectivity index (χ3v) is 2.43. The molecule has 1 N–H and O–H groups in total. The van der Waals surface area contributed by atoms with Crippen molar-refractivity contribution in [3.63, 3.8) is 0 Å². The number of piperazine rings is 1. The first-order chi connectivity index (χ1) is 5.72. The highest BCUT2D eigenvalue weighted by Crippen LogP contribution is 2.01. The van der Waals surface area contributed by atoms with Crippen LogP contribution in [0.25, 0.3) is 0 Å². The molecule has 1 fully saturated rings. The molecule has 0 aromatic rings. The first kappa shape index (κ1) is 9.96. The summed E-state index contributed by atoms with van der Waals surface area (Å²) in [5, 5.41) is 9.17. The number of aliphatic hydroxyl groups is 1. The minimum absolute atomic E-state index is 0.182. The second kappa shape index (κ2) is 4.80. The lowest BCUT2D eigenvalue weighted by atomic mass is 10.3. The summed E-state index contributed by atoms with van der Waals surface area (Å²) < 4.78 is 0. The monoisotopic (exact) mass is 172 g/mol. The lowest BCUT2D eigenvalue weighted by molar-refractivity contribution is 0.0829. The van der Waals surface area contributed by atoms with E-state index in [9.17, 15) is 5.11 Å². The summed E-state index contributed by atoms with van der Waals surface area (Å²) in [5.74, 6) is 0. The zero-order chi connectivity index (χ0) is 8.97. The normalized spacial score (nSPS) is 24.2. The molecule has 0 aromatic carbocycles. The molecule has 0 aliphatic carbocycles. The van der Waals surface area contributed by atoms with Gasteiger partial charge in [-0.25, -0.2) is 0 Å². The minimum atomic E-state index is -0.182. The number of hydrogen-bond acceptors (Lipinski definition) is 3. The van der Waals surface area contributed by atoms with Gasteiger partial charge in [-0.2, -0.15) is 0 Å². The molecule has 0 spiro atoms. The molecule has 0 bridgehead atoms. The van der Waals surface area contributed by atoms with Gasteiger partial charge in [-0.3, -0.25) is 4.90 Å². The second-order valence-corrected chi connectivity index (χ2v) is 3.58. The number of aliphatic hydroxyl groups excluding tert-OH is 1. The molecule has 0 radical (unpaired) electrons. The van der Waals surface area contributed by atoms with E-state index in [4.69, 9.17) is 0 Å². The van der Waals surface area contributed by atoms with Crippen LogP contribution in [0.5, 0.6) is 0 Å². The molecule has 72 valence electrons.